The molecule has 0 N–H and O–H groups in total. The Bertz CT molecular complexity index is 877. The standard InChI is InChI=1S/C17H11Br2ClN2O/c1-9-17(10(2)23)21-14-5-4-12(20)8-16(14)22(9)15-6-3-11(18)7-13(15)19/h3-8H,1H2,2H3. The zero-order valence-electron chi connectivity index (χ0n) is 12.1. The Kier molecular flexibility index (Phi) is 4.45. The molecule has 0 radical (unpaired) electrons. The van der Waals surface area contributed by atoms with E-state index in [2.05, 4.69) is 43.4 Å². The average molecular weight is 455 g/mol. The maximum atomic E-state index is 11.9. The molecule has 0 amide bonds. The lowest BCUT2D eigenvalue weighted by Gasteiger charge is -2.32. The summed E-state index contributed by atoms with van der Waals surface area (Å²) in [4.78, 5) is 18.3. The average Bonchev–Trinajstić information content (AvgIpc) is 2.48. The number of carbonyl (C=O) groups excluding carboxylic acids is 1. The highest BCUT2D eigenvalue weighted by molar-refractivity contribution is 9.11. The van der Waals surface area contributed by atoms with Gasteiger partial charge in [0.25, 0.3) is 0 Å². The molecular weight excluding hydrogens is 443 g/mol. The normalized spacial score (nSPS) is 13.7. The minimum atomic E-state index is -0.131. The third-order valence-electron chi connectivity index (χ3n) is 3.44. The molecule has 3 nitrogen and oxygen atoms in total. The molecule has 2 aromatic rings. The number of halogens is 3. The van der Waals surface area contributed by atoms with Gasteiger partial charge in [0.15, 0.2) is 5.78 Å². The summed E-state index contributed by atoms with van der Waals surface area (Å²) in [7, 11) is 0. The quantitative estimate of drug-likeness (QED) is 0.542. The summed E-state index contributed by atoms with van der Waals surface area (Å²) in [6.07, 6.45) is 0. The second-order valence-corrected chi connectivity index (χ2v) is 7.23. The molecule has 3 rings (SSSR count). The van der Waals surface area contributed by atoms with Crippen LogP contribution in [0, 0.1) is 0 Å². The van der Waals surface area contributed by atoms with Crippen LogP contribution >= 0.6 is 43.5 Å². The topological polar surface area (TPSA) is 32.7 Å². The second kappa shape index (κ2) is 6.23. The first-order chi connectivity index (χ1) is 10.9. The molecule has 0 aliphatic carbocycles. The highest BCUT2D eigenvalue weighted by Crippen LogP contribution is 2.44. The monoisotopic (exact) mass is 452 g/mol. The molecule has 0 unspecified atom stereocenters. The van der Waals surface area contributed by atoms with E-state index in [1.807, 2.05) is 29.2 Å². The summed E-state index contributed by atoms with van der Waals surface area (Å²) in [5, 5.41) is 0.594. The SMILES string of the molecule is C=C1C(C(C)=O)=Nc2ccc(Cl)cc2N1c1ccc(Br)cc1Br. The van der Waals surface area contributed by atoms with Gasteiger partial charge < -0.3 is 4.90 Å². The van der Waals surface area contributed by atoms with Crippen molar-refractivity contribution in [3.8, 4) is 0 Å². The minimum absolute atomic E-state index is 0.131. The van der Waals surface area contributed by atoms with Crippen LogP contribution in [0.3, 0.4) is 0 Å². The third-order valence-corrected chi connectivity index (χ3v) is 4.80. The molecule has 0 saturated heterocycles. The molecule has 0 atom stereocenters. The molecule has 0 aromatic heterocycles. The van der Waals surface area contributed by atoms with Gasteiger partial charge in [0.1, 0.15) is 5.71 Å². The van der Waals surface area contributed by atoms with Crippen LogP contribution in [0.2, 0.25) is 5.02 Å². The van der Waals surface area contributed by atoms with E-state index in [9.17, 15) is 4.79 Å². The molecule has 1 heterocycles. The number of hydrogen-bond acceptors (Lipinski definition) is 3. The van der Waals surface area contributed by atoms with Crippen LogP contribution in [0.1, 0.15) is 6.92 Å². The molecule has 0 saturated carbocycles. The van der Waals surface area contributed by atoms with Crippen LogP contribution < -0.4 is 4.90 Å². The Hall–Kier alpha value is -1.43. The van der Waals surface area contributed by atoms with Gasteiger partial charge in [0, 0.05) is 20.9 Å². The van der Waals surface area contributed by atoms with E-state index in [4.69, 9.17) is 11.6 Å². The summed E-state index contributed by atoms with van der Waals surface area (Å²) in [6, 6.07) is 11.2. The maximum absolute atomic E-state index is 11.9. The fourth-order valence-corrected chi connectivity index (χ4v) is 3.82. The van der Waals surface area contributed by atoms with Crippen molar-refractivity contribution in [2.45, 2.75) is 6.92 Å². The number of ketones is 1. The number of anilines is 2. The number of benzene rings is 2. The molecule has 2 aromatic carbocycles. The van der Waals surface area contributed by atoms with Crippen LogP contribution in [0.4, 0.5) is 17.1 Å². The van der Waals surface area contributed by atoms with Crippen molar-refractivity contribution in [1.82, 2.24) is 0 Å². The minimum Gasteiger partial charge on any atom is -0.305 e. The molecular formula is C17H11Br2ClN2O. The highest BCUT2D eigenvalue weighted by atomic mass is 79.9. The Labute approximate surface area is 155 Å². The lowest BCUT2D eigenvalue weighted by molar-refractivity contribution is -0.111. The van der Waals surface area contributed by atoms with Crippen molar-refractivity contribution >= 4 is 72.0 Å². The summed E-state index contributed by atoms with van der Waals surface area (Å²) < 4.78 is 1.81. The van der Waals surface area contributed by atoms with Crippen molar-refractivity contribution in [2.75, 3.05) is 4.90 Å². The summed E-state index contributed by atoms with van der Waals surface area (Å²) >= 11 is 13.2. The van der Waals surface area contributed by atoms with Crippen LogP contribution in [-0.4, -0.2) is 11.5 Å². The molecule has 1 aliphatic heterocycles. The van der Waals surface area contributed by atoms with E-state index >= 15 is 0 Å². The largest absolute Gasteiger partial charge is 0.305 e. The molecule has 0 fully saturated rings. The number of rotatable bonds is 2. The number of allylic oxidation sites excluding steroid dienone is 1. The number of carbonyl (C=O) groups is 1. The van der Waals surface area contributed by atoms with Gasteiger partial charge in [0.2, 0.25) is 0 Å². The first-order valence-corrected chi connectivity index (χ1v) is 8.68. The van der Waals surface area contributed by atoms with Gasteiger partial charge in [-0.15, -0.1) is 0 Å². The third kappa shape index (κ3) is 3.01. The first-order valence-electron chi connectivity index (χ1n) is 6.72. The fourth-order valence-electron chi connectivity index (χ4n) is 2.43. The van der Waals surface area contributed by atoms with E-state index in [-0.39, 0.29) is 5.78 Å². The number of aliphatic imine (C=N–C) groups is 1. The van der Waals surface area contributed by atoms with E-state index in [1.165, 1.54) is 6.92 Å². The van der Waals surface area contributed by atoms with E-state index in [0.717, 1.165) is 20.3 Å². The number of hydrogen-bond donors (Lipinski definition) is 0. The van der Waals surface area contributed by atoms with Crippen molar-refractivity contribution in [3.63, 3.8) is 0 Å². The van der Waals surface area contributed by atoms with Crippen molar-refractivity contribution in [1.29, 1.82) is 0 Å². The van der Waals surface area contributed by atoms with E-state index in [1.54, 1.807) is 12.1 Å². The molecule has 6 heteroatoms. The molecule has 0 spiro atoms. The second-order valence-electron chi connectivity index (χ2n) is 5.03. The lowest BCUT2D eigenvalue weighted by Crippen LogP contribution is -2.29. The Morgan fingerprint density at radius 3 is 2.57 bits per heavy atom. The van der Waals surface area contributed by atoms with Crippen LogP contribution in [-0.2, 0) is 4.79 Å². The van der Waals surface area contributed by atoms with E-state index < -0.39 is 0 Å². The van der Waals surface area contributed by atoms with Gasteiger partial charge in [-0.2, -0.15) is 0 Å². The first kappa shape index (κ1) is 16.4. The number of fused-ring (bicyclic) bond motifs is 1. The maximum Gasteiger partial charge on any atom is 0.180 e. The van der Waals surface area contributed by atoms with Gasteiger partial charge in [0.05, 0.1) is 22.8 Å². The van der Waals surface area contributed by atoms with Crippen molar-refractivity contribution in [3.05, 3.63) is 62.6 Å². The summed E-state index contributed by atoms with van der Waals surface area (Å²) in [5.41, 5.74) is 3.19. The van der Waals surface area contributed by atoms with Crippen molar-refractivity contribution < 1.29 is 4.79 Å². The van der Waals surface area contributed by atoms with Crippen LogP contribution in [0.5, 0.6) is 0 Å². The predicted octanol–water partition coefficient (Wildman–Crippen LogP) is 6.19. The van der Waals surface area contributed by atoms with Crippen LogP contribution in [0.15, 0.2) is 62.6 Å². The Morgan fingerprint density at radius 1 is 1.17 bits per heavy atom. The van der Waals surface area contributed by atoms with Gasteiger partial charge in [-0.3, -0.25) is 4.79 Å². The molecule has 1 aliphatic rings. The smallest absolute Gasteiger partial charge is 0.180 e. The Morgan fingerprint density at radius 2 is 1.91 bits per heavy atom. The summed E-state index contributed by atoms with van der Waals surface area (Å²) in [5.74, 6) is -0.131. The number of Topliss-reactive ketones (excluding diaryl/α,β-unsaturated/α-hetero) is 1. The Balaban J connectivity index is 2.27. The number of nitrogens with zero attached hydrogens (tertiary/aromatic N) is 2. The van der Waals surface area contributed by atoms with E-state index in [0.29, 0.717) is 22.1 Å². The highest BCUT2D eigenvalue weighted by Gasteiger charge is 2.28. The molecule has 0 bridgehead atoms. The predicted molar refractivity (Wildman–Crippen MR) is 102 cm³/mol. The summed E-state index contributed by atoms with van der Waals surface area (Å²) in [6.45, 7) is 5.55. The van der Waals surface area contributed by atoms with Gasteiger partial charge >= 0.3 is 0 Å². The molecule has 116 valence electrons. The van der Waals surface area contributed by atoms with Crippen LogP contribution in [0.25, 0.3) is 0 Å². The van der Waals surface area contributed by atoms with Gasteiger partial charge in [-0.1, -0.05) is 34.1 Å². The van der Waals surface area contributed by atoms with Gasteiger partial charge in [-0.25, -0.2) is 4.99 Å². The van der Waals surface area contributed by atoms with Gasteiger partial charge in [-0.05, 0) is 52.3 Å². The zero-order valence-corrected chi connectivity index (χ0v) is 16.0. The fraction of sp³-hybridized carbons (Fsp3) is 0.0588. The lowest BCUT2D eigenvalue weighted by atomic mass is 10.1. The molecule has 23 heavy (non-hydrogen) atoms. The van der Waals surface area contributed by atoms with Crippen molar-refractivity contribution in [2.24, 2.45) is 4.99 Å². The zero-order chi connectivity index (χ0) is 16.7.